The lowest BCUT2D eigenvalue weighted by molar-refractivity contribution is -0.132. The van der Waals surface area contributed by atoms with E-state index in [0.29, 0.717) is 12.6 Å². The van der Waals surface area contributed by atoms with Crippen LogP contribution < -0.4 is 10.6 Å². The van der Waals surface area contributed by atoms with Crippen LogP contribution in [-0.4, -0.2) is 38.8 Å². The van der Waals surface area contributed by atoms with Gasteiger partial charge in [0.05, 0.1) is 5.41 Å². The molecule has 1 atom stereocenters. The van der Waals surface area contributed by atoms with E-state index in [0.717, 1.165) is 45.2 Å². The van der Waals surface area contributed by atoms with Gasteiger partial charge in [0, 0.05) is 26.3 Å². The zero-order chi connectivity index (χ0) is 12.8. The second-order valence-corrected chi connectivity index (χ2v) is 5.75. The maximum absolute atomic E-state index is 12.5. The predicted octanol–water partition coefficient (Wildman–Crippen LogP) is 1.87. The largest absolute Gasteiger partial charge is 0.385 e. The number of amides is 1. The van der Waals surface area contributed by atoms with Crippen molar-refractivity contribution in [3.05, 3.63) is 0 Å². The van der Waals surface area contributed by atoms with Gasteiger partial charge in [-0.1, -0.05) is 12.8 Å². The SMILES string of the molecule is COCCC1(C(=O)N[C@H]2CCCNC2)CCCC1.Cl. The molecule has 1 heterocycles. The van der Waals surface area contributed by atoms with Gasteiger partial charge in [0.25, 0.3) is 0 Å². The monoisotopic (exact) mass is 290 g/mol. The molecule has 0 aromatic rings. The van der Waals surface area contributed by atoms with E-state index in [9.17, 15) is 4.79 Å². The Morgan fingerprint density at radius 1 is 1.37 bits per heavy atom. The summed E-state index contributed by atoms with van der Waals surface area (Å²) in [7, 11) is 1.71. The molecule has 19 heavy (non-hydrogen) atoms. The maximum atomic E-state index is 12.5. The molecule has 0 radical (unpaired) electrons. The van der Waals surface area contributed by atoms with Gasteiger partial charge < -0.3 is 15.4 Å². The van der Waals surface area contributed by atoms with Gasteiger partial charge in [0.2, 0.25) is 5.91 Å². The minimum Gasteiger partial charge on any atom is -0.385 e. The summed E-state index contributed by atoms with van der Waals surface area (Å²) in [6, 6.07) is 0.325. The number of carbonyl (C=O) groups excluding carboxylic acids is 1. The second-order valence-electron chi connectivity index (χ2n) is 5.75. The van der Waals surface area contributed by atoms with Crippen LogP contribution in [0.2, 0.25) is 0 Å². The molecule has 1 amide bonds. The van der Waals surface area contributed by atoms with Gasteiger partial charge in [-0.25, -0.2) is 0 Å². The van der Waals surface area contributed by atoms with Crippen molar-refractivity contribution >= 4 is 18.3 Å². The lowest BCUT2D eigenvalue weighted by Gasteiger charge is -2.31. The summed E-state index contributed by atoms with van der Waals surface area (Å²) in [6.45, 7) is 2.70. The zero-order valence-electron chi connectivity index (χ0n) is 11.9. The quantitative estimate of drug-likeness (QED) is 0.813. The summed E-state index contributed by atoms with van der Waals surface area (Å²) < 4.78 is 5.18. The van der Waals surface area contributed by atoms with Gasteiger partial charge in [-0.05, 0) is 38.6 Å². The van der Waals surface area contributed by atoms with Crippen LogP contribution >= 0.6 is 12.4 Å². The summed E-state index contributed by atoms with van der Waals surface area (Å²) in [4.78, 5) is 12.5. The Kier molecular flexibility index (Phi) is 7.11. The number of nitrogens with one attached hydrogen (secondary N) is 2. The van der Waals surface area contributed by atoms with Crippen molar-refractivity contribution in [2.24, 2.45) is 5.41 Å². The number of hydrogen-bond acceptors (Lipinski definition) is 3. The van der Waals surface area contributed by atoms with E-state index in [1.54, 1.807) is 7.11 Å². The van der Waals surface area contributed by atoms with Crippen molar-refractivity contribution in [1.29, 1.82) is 0 Å². The normalized spacial score (nSPS) is 25.6. The molecule has 1 saturated heterocycles. The van der Waals surface area contributed by atoms with Gasteiger partial charge >= 0.3 is 0 Å². The van der Waals surface area contributed by atoms with Crippen LogP contribution in [0.4, 0.5) is 0 Å². The standard InChI is InChI=1S/C14H26N2O2.ClH/c1-18-10-8-14(6-2-3-7-14)13(17)16-12-5-4-9-15-11-12;/h12,15H,2-11H2,1H3,(H,16,17);1H/t12-;/m0./s1. The number of ether oxygens (including phenoxy) is 1. The fourth-order valence-corrected chi connectivity index (χ4v) is 3.25. The second kappa shape index (κ2) is 8.08. The first-order valence-corrected chi connectivity index (χ1v) is 7.27. The number of carbonyl (C=O) groups is 1. The highest BCUT2D eigenvalue weighted by atomic mass is 35.5. The molecule has 1 aliphatic heterocycles. The van der Waals surface area contributed by atoms with Gasteiger partial charge in [-0.2, -0.15) is 0 Å². The van der Waals surface area contributed by atoms with E-state index in [4.69, 9.17) is 4.74 Å². The Hall–Kier alpha value is -0.320. The highest BCUT2D eigenvalue weighted by molar-refractivity contribution is 5.85. The molecular weight excluding hydrogens is 264 g/mol. The van der Waals surface area contributed by atoms with Crippen LogP contribution in [0.15, 0.2) is 0 Å². The van der Waals surface area contributed by atoms with Gasteiger partial charge in [0.1, 0.15) is 0 Å². The number of methoxy groups -OCH3 is 1. The van der Waals surface area contributed by atoms with Crippen LogP contribution in [-0.2, 0) is 9.53 Å². The predicted molar refractivity (Wildman–Crippen MR) is 78.7 cm³/mol. The smallest absolute Gasteiger partial charge is 0.226 e. The van der Waals surface area contributed by atoms with Gasteiger partial charge in [-0.15, -0.1) is 12.4 Å². The Bertz CT molecular complexity index is 275. The molecule has 0 unspecified atom stereocenters. The summed E-state index contributed by atoms with van der Waals surface area (Å²) in [6.07, 6.45) is 7.56. The molecule has 2 aliphatic rings. The number of rotatable bonds is 5. The Balaban J connectivity index is 0.00000180. The number of hydrogen-bond donors (Lipinski definition) is 2. The van der Waals surface area contributed by atoms with E-state index in [2.05, 4.69) is 10.6 Å². The Labute approximate surface area is 122 Å². The van der Waals surface area contributed by atoms with Crippen LogP contribution in [0.3, 0.4) is 0 Å². The van der Waals surface area contributed by atoms with E-state index in [1.807, 2.05) is 0 Å². The van der Waals surface area contributed by atoms with Crippen LogP contribution in [0.1, 0.15) is 44.9 Å². The molecule has 2 fully saturated rings. The molecule has 5 heteroatoms. The summed E-state index contributed by atoms with van der Waals surface area (Å²) >= 11 is 0. The number of piperidine rings is 1. The molecule has 1 saturated carbocycles. The molecule has 0 aromatic carbocycles. The zero-order valence-corrected chi connectivity index (χ0v) is 12.7. The van der Waals surface area contributed by atoms with Crippen LogP contribution in [0.25, 0.3) is 0 Å². The molecule has 4 nitrogen and oxygen atoms in total. The third kappa shape index (κ3) is 4.33. The van der Waals surface area contributed by atoms with Crippen molar-refractivity contribution in [3.8, 4) is 0 Å². The van der Waals surface area contributed by atoms with E-state index < -0.39 is 0 Å². The molecule has 0 aromatic heterocycles. The molecule has 2 rings (SSSR count). The summed E-state index contributed by atoms with van der Waals surface area (Å²) in [5.41, 5.74) is -0.145. The lowest BCUT2D eigenvalue weighted by Crippen LogP contribution is -2.50. The minimum atomic E-state index is -0.145. The average molecular weight is 291 g/mol. The van der Waals surface area contributed by atoms with Crippen molar-refractivity contribution in [2.45, 2.75) is 51.0 Å². The first-order valence-electron chi connectivity index (χ1n) is 7.27. The van der Waals surface area contributed by atoms with Crippen LogP contribution in [0, 0.1) is 5.41 Å². The molecule has 1 aliphatic carbocycles. The van der Waals surface area contributed by atoms with Crippen molar-refractivity contribution in [2.75, 3.05) is 26.8 Å². The molecular formula is C14H27ClN2O2. The summed E-state index contributed by atoms with van der Waals surface area (Å²) in [5, 5.41) is 6.60. The lowest BCUT2D eigenvalue weighted by atomic mass is 9.81. The fraction of sp³-hybridized carbons (Fsp3) is 0.929. The highest BCUT2D eigenvalue weighted by Crippen LogP contribution is 2.41. The third-order valence-electron chi connectivity index (χ3n) is 4.46. The highest BCUT2D eigenvalue weighted by Gasteiger charge is 2.41. The Morgan fingerprint density at radius 3 is 2.68 bits per heavy atom. The molecule has 0 spiro atoms. The van der Waals surface area contributed by atoms with E-state index in [-0.39, 0.29) is 23.7 Å². The van der Waals surface area contributed by atoms with E-state index in [1.165, 1.54) is 12.8 Å². The van der Waals surface area contributed by atoms with Crippen molar-refractivity contribution in [3.63, 3.8) is 0 Å². The minimum absolute atomic E-state index is 0. The molecule has 0 bridgehead atoms. The molecule has 112 valence electrons. The fourth-order valence-electron chi connectivity index (χ4n) is 3.25. The van der Waals surface area contributed by atoms with Gasteiger partial charge in [0.15, 0.2) is 0 Å². The number of halogens is 1. The first kappa shape index (κ1) is 16.7. The average Bonchev–Trinajstić information content (AvgIpc) is 2.87. The Morgan fingerprint density at radius 2 is 2.11 bits per heavy atom. The van der Waals surface area contributed by atoms with Crippen molar-refractivity contribution < 1.29 is 9.53 Å². The van der Waals surface area contributed by atoms with E-state index >= 15 is 0 Å². The molecule has 2 N–H and O–H groups in total. The third-order valence-corrected chi connectivity index (χ3v) is 4.46. The van der Waals surface area contributed by atoms with Gasteiger partial charge in [-0.3, -0.25) is 4.79 Å². The summed E-state index contributed by atoms with van der Waals surface area (Å²) in [5.74, 6) is 0.269. The topological polar surface area (TPSA) is 50.4 Å². The first-order chi connectivity index (χ1) is 8.77. The van der Waals surface area contributed by atoms with Crippen molar-refractivity contribution in [1.82, 2.24) is 10.6 Å². The maximum Gasteiger partial charge on any atom is 0.226 e. The van der Waals surface area contributed by atoms with Crippen LogP contribution in [0.5, 0.6) is 0 Å².